The maximum Gasteiger partial charge on any atom is 0.362 e. The average molecular weight is 133 g/mol. The molecule has 0 saturated carbocycles. The molecule has 3 nitrogen and oxygen atoms in total. The van der Waals surface area contributed by atoms with E-state index in [0.717, 1.165) is 11.8 Å². The van der Waals surface area contributed by atoms with Gasteiger partial charge in [-0.15, -0.1) is 11.8 Å². The lowest BCUT2D eigenvalue weighted by atomic mass is 10.7. The van der Waals surface area contributed by atoms with E-state index in [1.807, 2.05) is 0 Å². The normalized spacial score (nSPS) is 8.25. The molecule has 0 fully saturated rings. The van der Waals surface area contributed by atoms with E-state index in [1.165, 1.54) is 7.11 Å². The zero-order valence-electron chi connectivity index (χ0n) is 4.72. The molecule has 0 saturated heterocycles. The van der Waals surface area contributed by atoms with E-state index in [1.54, 1.807) is 6.26 Å². The van der Waals surface area contributed by atoms with Gasteiger partial charge in [-0.05, 0) is 6.26 Å². The Morgan fingerprint density at radius 3 is 2.38 bits per heavy atom. The van der Waals surface area contributed by atoms with E-state index >= 15 is 0 Å². The zero-order chi connectivity index (χ0) is 6.57. The molecule has 0 amide bonds. The summed E-state index contributed by atoms with van der Waals surface area (Å²) in [6.45, 7) is 0. The summed E-state index contributed by atoms with van der Waals surface area (Å²) in [6.07, 6.45) is 1.65. The van der Waals surface area contributed by atoms with Crippen molar-refractivity contribution < 1.29 is 9.53 Å². The van der Waals surface area contributed by atoms with Gasteiger partial charge in [0.25, 0.3) is 0 Å². The Labute approximate surface area is 51.9 Å². The second-order valence-corrected chi connectivity index (χ2v) is 1.84. The molecular weight excluding hydrogens is 126 g/mol. The van der Waals surface area contributed by atoms with Gasteiger partial charge in [0, 0.05) is 0 Å². The Bertz CT molecular complexity index is 98.6. The molecule has 0 heterocycles. The number of methoxy groups -OCH3 is 1. The van der Waals surface area contributed by atoms with Crippen LogP contribution in [0.4, 0.5) is 0 Å². The molecule has 0 aliphatic carbocycles. The number of rotatable bonds is 0. The maximum atomic E-state index is 10.3. The third-order valence-corrected chi connectivity index (χ3v) is 1.15. The standard InChI is InChI=1S/C4H7NO2S/c1-7-4(6)3(5)8-2/h5H,1-2H3. The summed E-state index contributed by atoms with van der Waals surface area (Å²) in [4.78, 5) is 10.3. The van der Waals surface area contributed by atoms with Gasteiger partial charge in [-0.1, -0.05) is 0 Å². The smallest absolute Gasteiger partial charge is 0.362 e. The summed E-state index contributed by atoms with van der Waals surface area (Å²) in [5.74, 6) is -0.572. The Hall–Kier alpha value is -0.510. The zero-order valence-corrected chi connectivity index (χ0v) is 5.54. The maximum absolute atomic E-state index is 10.3. The molecule has 8 heavy (non-hydrogen) atoms. The van der Waals surface area contributed by atoms with Crippen molar-refractivity contribution in [1.82, 2.24) is 0 Å². The number of esters is 1. The molecule has 0 atom stereocenters. The predicted molar refractivity (Wildman–Crippen MR) is 33.3 cm³/mol. The summed E-state index contributed by atoms with van der Waals surface area (Å²) in [5.41, 5.74) is 0. The van der Waals surface area contributed by atoms with Crippen LogP contribution in [0.1, 0.15) is 0 Å². The van der Waals surface area contributed by atoms with Crippen LogP contribution in [0.2, 0.25) is 0 Å². The lowest BCUT2D eigenvalue weighted by Gasteiger charge is -1.93. The Kier molecular flexibility index (Phi) is 3.26. The molecule has 0 radical (unpaired) electrons. The summed E-state index contributed by atoms with van der Waals surface area (Å²) >= 11 is 1.07. The minimum Gasteiger partial charge on any atom is -0.464 e. The van der Waals surface area contributed by atoms with Crippen LogP contribution in [0.3, 0.4) is 0 Å². The SMILES string of the molecule is COC(=O)C(=N)SC. The fourth-order valence-electron chi connectivity index (χ4n) is 0.176. The number of hydrogen-bond donors (Lipinski definition) is 1. The van der Waals surface area contributed by atoms with Crippen LogP contribution in [0.15, 0.2) is 0 Å². The van der Waals surface area contributed by atoms with Crippen LogP contribution < -0.4 is 0 Å². The summed E-state index contributed by atoms with van der Waals surface area (Å²) in [6, 6.07) is 0. The van der Waals surface area contributed by atoms with Gasteiger partial charge in [0.2, 0.25) is 0 Å². The molecular formula is C4H7NO2S. The molecule has 4 heteroatoms. The molecule has 0 aromatic heterocycles. The number of carbonyl (C=O) groups is 1. The van der Waals surface area contributed by atoms with Crippen molar-refractivity contribution in [1.29, 1.82) is 5.41 Å². The van der Waals surface area contributed by atoms with E-state index in [9.17, 15) is 4.79 Å². The first kappa shape index (κ1) is 7.49. The average Bonchev–Trinajstić information content (AvgIpc) is 1.84. The van der Waals surface area contributed by atoms with E-state index < -0.39 is 5.97 Å². The highest BCUT2D eigenvalue weighted by molar-refractivity contribution is 8.14. The van der Waals surface area contributed by atoms with Crippen LogP contribution in [0, 0.1) is 5.41 Å². The van der Waals surface area contributed by atoms with Gasteiger partial charge in [0.1, 0.15) is 0 Å². The molecule has 46 valence electrons. The molecule has 0 spiro atoms. The summed E-state index contributed by atoms with van der Waals surface area (Å²) in [5, 5.41) is 6.77. The first-order valence-electron chi connectivity index (χ1n) is 1.93. The lowest BCUT2D eigenvalue weighted by Crippen LogP contribution is -2.09. The molecule has 0 aromatic carbocycles. The monoisotopic (exact) mass is 133 g/mol. The first-order valence-corrected chi connectivity index (χ1v) is 3.15. The van der Waals surface area contributed by atoms with E-state index in [-0.39, 0.29) is 5.04 Å². The van der Waals surface area contributed by atoms with Crippen LogP contribution in [-0.4, -0.2) is 24.4 Å². The van der Waals surface area contributed by atoms with Crippen molar-refractivity contribution in [2.75, 3.05) is 13.4 Å². The third kappa shape index (κ3) is 1.97. The number of ether oxygens (including phenoxy) is 1. The Morgan fingerprint density at radius 1 is 1.75 bits per heavy atom. The predicted octanol–water partition coefficient (Wildman–Crippen LogP) is 0.500. The molecule has 0 unspecified atom stereocenters. The quantitative estimate of drug-likeness (QED) is 0.297. The van der Waals surface area contributed by atoms with Crippen molar-refractivity contribution in [2.45, 2.75) is 0 Å². The number of hydrogen-bond acceptors (Lipinski definition) is 4. The van der Waals surface area contributed by atoms with E-state index in [4.69, 9.17) is 5.41 Å². The van der Waals surface area contributed by atoms with Crippen molar-refractivity contribution >= 4 is 22.8 Å². The van der Waals surface area contributed by atoms with E-state index in [2.05, 4.69) is 4.74 Å². The molecule has 1 N–H and O–H groups in total. The van der Waals surface area contributed by atoms with Gasteiger partial charge in [0.15, 0.2) is 5.04 Å². The fourth-order valence-corrected chi connectivity index (χ4v) is 0.426. The Balaban J connectivity index is 3.64. The lowest BCUT2D eigenvalue weighted by molar-refractivity contribution is -0.132. The van der Waals surface area contributed by atoms with Gasteiger partial charge < -0.3 is 4.74 Å². The minimum atomic E-state index is -0.572. The van der Waals surface area contributed by atoms with Gasteiger partial charge in [-0.2, -0.15) is 0 Å². The number of thioether (sulfide) groups is 1. The third-order valence-electron chi connectivity index (χ3n) is 0.575. The van der Waals surface area contributed by atoms with Crippen LogP contribution in [0.25, 0.3) is 0 Å². The van der Waals surface area contributed by atoms with Crippen molar-refractivity contribution in [3.63, 3.8) is 0 Å². The fraction of sp³-hybridized carbons (Fsp3) is 0.500. The second-order valence-electron chi connectivity index (χ2n) is 1.02. The van der Waals surface area contributed by atoms with Gasteiger partial charge >= 0.3 is 5.97 Å². The van der Waals surface area contributed by atoms with Crippen LogP contribution in [0.5, 0.6) is 0 Å². The number of nitrogens with one attached hydrogen (secondary N) is 1. The second kappa shape index (κ2) is 3.49. The highest BCUT2D eigenvalue weighted by atomic mass is 32.2. The molecule has 0 aromatic rings. The van der Waals surface area contributed by atoms with Crippen LogP contribution >= 0.6 is 11.8 Å². The molecule has 0 rings (SSSR count). The van der Waals surface area contributed by atoms with Crippen LogP contribution in [-0.2, 0) is 9.53 Å². The van der Waals surface area contributed by atoms with Crippen molar-refractivity contribution in [2.24, 2.45) is 0 Å². The van der Waals surface area contributed by atoms with E-state index in [0.29, 0.717) is 0 Å². The molecule has 0 aliphatic heterocycles. The highest BCUT2D eigenvalue weighted by Crippen LogP contribution is 1.95. The topological polar surface area (TPSA) is 50.2 Å². The molecule has 0 bridgehead atoms. The minimum absolute atomic E-state index is 0.0625. The van der Waals surface area contributed by atoms with Crippen molar-refractivity contribution in [3.05, 3.63) is 0 Å². The summed E-state index contributed by atoms with van der Waals surface area (Å²) < 4.78 is 4.22. The first-order chi connectivity index (χ1) is 3.72. The van der Waals surface area contributed by atoms with Gasteiger partial charge in [-0.25, -0.2) is 4.79 Å². The van der Waals surface area contributed by atoms with Gasteiger partial charge in [0.05, 0.1) is 7.11 Å². The largest absolute Gasteiger partial charge is 0.464 e. The summed E-state index contributed by atoms with van der Waals surface area (Å²) in [7, 11) is 1.26. The number of carbonyl (C=O) groups excluding carboxylic acids is 1. The molecule has 0 aliphatic rings. The highest BCUT2D eigenvalue weighted by Gasteiger charge is 2.04. The Morgan fingerprint density at radius 2 is 2.25 bits per heavy atom. The van der Waals surface area contributed by atoms with Gasteiger partial charge in [-0.3, -0.25) is 5.41 Å². The van der Waals surface area contributed by atoms with Crippen molar-refractivity contribution in [3.8, 4) is 0 Å².